The molecule has 0 fully saturated rings. The molecule has 0 rings (SSSR count). The Morgan fingerprint density at radius 2 is 1.33 bits per heavy atom. The normalized spacial score (nSPS) is 12.3. The molecule has 0 aliphatic rings. The van der Waals surface area contributed by atoms with Crippen LogP contribution in [0, 0.1) is 0 Å². The number of ether oxygens (including phenoxy) is 1. The molecular formula is C18H32O3. The zero-order chi connectivity index (χ0) is 15.4. The molecule has 0 unspecified atom stereocenters. The van der Waals surface area contributed by atoms with Crippen molar-refractivity contribution in [2.45, 2.75) is 52.4 Å². The summed E-state index contributed by atoms with van der Waals surface area (Å²) in [5.41, 5.74) is 0. The number of rotatable bonds is 15. The molecule has 3 heteroatoms. The number of hydrogen-bond donors (Lipinski definition) is 0. The van der Waals surface area contributed by atoms with Crippen LogP contribution in [0.4, 0.5) is 0 Å². The van der Waals surface area contributed by atoms with Gasteiger partial charge in [-0.1, -0.05) is 56.7 Å². The van der Waals surface area contributed by atoms with Crippen LogP contribution in [0.5, 0.6) is 0 Å². The second-order valence-electron chi connectivity index (χ2n) is 4.72. The highest BCUT2D eigenvalue weighted by atomic mass is 17.2. The fraction of sp³-hybridized carbons (Fsp3) is 0.667. The molecule has 0 spiro atoms. The largest absolute Gasteiger partial charge is 0.373 e. The predicted molar refractivity (Wildman–Crippen MR) is 89.2 cm³/mol. The SMILES string of the molecule is CCC=CCCOOCCCC=CCOCC=CCCC. The van der Waals surface area contributed by atoms with Gasteiger partial charge >= 0.3 is 0 Å². The van der Waals surface area contributed by atoms with Gasteiger partial charge in [0, 0.05) is 0 Å². The standard InChI is InChI=1S/C18H32O3/c1-3-5-7-11-15-19-16-12-9-10-14-18-21-20-17-13-8-6-4-2/h6-9,11-12H,3-5,10,13-18H2,1-2H3. The molecular weight excluding hydrogens is 264 g/mol. The van der Waals surface area contributed by atoms with Gasteiger partial charge in [-0.2, -0.15) is 0 Å². The lowest BCUT2D eigenvalue weighted by Gasteiger charge is -2.01. The van der Waals surface area contributed by atoms with E-state index in [2.05, 4.69) is 50.3 Å². The van der Waals surface area contributed by atoms with Crippen LogP contribution in [-0.2, 0) is 14.5 Å². The molecule has 0 aromatic carbocycles. The first-order chi connectivity index (χ1) is 10.4. The lowest BCUT2D eigenvalue weighted by molar-refractivity contribution is -0.293. The maximum atomic E-state index is 5.44. The molecule has 0 saturated heterocycles. The monoisotopic (exact) mass is 296 g/mol. The highest BCUT2D eigenvalue weighted by Gasteiger charge is 1.88. The first-order valence-corrected chi connectivity index (χ1v) is 8.19. The summed E-state index contributed by atoms with van der Waals surface area (Å²) in [7, 11) is 0. The quantitative estimate of drug-likeness (QED) is 0.184. The average molecular weight is 296 g/mol. The van der Waals surface area contributed by atoms with Crippen molar-refractivity contribution in [1.29, 1.82) is 0 Å². The number of unbranched alkanes of at least 4 members (excludes halogenated alkanes) is 2. The van der Waals surface area contributed by atoms with Gasteiger partial charge in [0.15, 0.2) is 0 Å². The van der Waals surface area contributed by atoms with Gasteiger partial charge < -0.3 is 4.74 Å². The van der Waals surface area contributed by atoms with Gasteiger partial charge in [-0.05, 0) is 32.1 Å². The smallest absolute Gasteiger partial charge is 0.0856 e. The molecule has 0 amide bonds. The van der Waals surface area contributed by atoms with Gasteiger partial charge in [-0.25, -0.2) is 9.78 Å². The summed E-state index contributed by atoms with van der Waals surface area (Å²) in [6, 6.07) is 0. The van der Waals surface area contributed by atoms with E-state index < -0.39 is 0 Å². The van der Waals surface area contributed by atoms with Gasteiger partial charge in [0.25, 0.3) is 0 Å². The summed E-state index contributed by atoms with van der Waals surface area (Å²) in [6.07, 6.45) is 19.0. The molecule has 0 saturated carbocycles. The van der Waals surface area contributed by atoms with Crippen LogP contribution < -0.4 is 0 Å². The molecule has 0 aromatic heterocycles. The Hall–Kier alpha value is -0.900. The van der Waals surface area contributed by atoms with E-state index in [1.807, 2.05) is 0 Å². The summed E-state index contributed by atoms with van der Waals surface area (Å²) in [4.78, 5) is 10.2. The van der Waals surface area contributed by atoms with E-state index in [1.165, 1.54) is 6.42 Å². The molecule has 0 atom stereocenters. The van der Waals surface area contributed by atoms with E-state index in [-0.39, 0.29) is 0 Å². The molecule has 0 aliphatic carbocycles. The van der Waals surface area contributed by atoms with Crippen LogP contribution in [0.25, 0.3) is 0 Å². The predicted octanol–water partition coefficient (Wildman–Crippen LogP) is 5.00. The van der Waals surface area contributed by atoms with E-state index >= 15 is 0 Å². The molecule has 0 aromatic rings. The molecule has 3 nitrogen and oxygen atoms in total. The van der Waals surface area contributed by atoms with E-state index in [9.17, 15) is 0 Å². The molecule has 21 heavy (non-hydrogen) atoms. The molecule has 0 bridgehead atoms. The average Bonchev–Trinajstić information content (AvgIpc) is 2.50. The maximum Gasteiger partial charge on any atom is 0.0856 e. The summed E-state index contributed by atoms with van der Waals surface area (Å²) in [5, 5.41) is 0. The molecule has 0 radical (unpaired) electrons. The Kier molecular flexibility index (Phi) is 18.3. The fourth-order valence-electron chi connectivity index (χ4n) is 1.52. The Morgan fingerprint density at radius 1 is 0.667 bits per heavy atom. The molecule has 0 aliphatic heterocycles. The van der Waals surface area contributed by atoms with Gasteiger partial charge in [0.2, 0.25) is 0 Å². The third kappa shape index (κ3) is 19.1. The minimum atomic E-state index is 0.631. The van der Waals surface area contributed by atoms with Crippen molar-refractivity contribution in [1.82, 2.24) is 0 Å². The van der Waals surface area contributed by atoms with Gasteiger partial charge in [0.1, 0.15) is 0 Å². The lowest BCUT2D eigenvalue weighted by atomic mass is 10.3. The van der Waals surface area contributed by atoms with Crippen molar-refractivity contribution in [3.63, 3.8) is 0 Å². The summed E-state index contributed by atoms with van der Waals surface area (Å²) in [6.45, 7) is 6.95. The van der Waals surface area contributed by atoms with Crippen molar-refractivity contribution in [2.24, 2.45) is 0 Å². The molecule has 0 N–H and O–H groups in total. The minimum absolute atomic E-state index is 0.631. The zero-order valence-corrected chi connectivity index (χ0v) is 13.8. The third-order valence-electron chi connectivity index (χ3n) is 2.67. The van der Waals surface area contributed by atoms with Crippen molar-refractivity contribution in [3.05, 3.63) is 36.5 Å². The highest BCUT2D eigenvalue weighted by Crippen LogP contribution is 1.95. The van der Waals surface area contributed by atoms with Crippen LogP contribution in [-0.4, -0.2) is 26.4 Å². The van der Waals surface area contributed by atoms with Crippen LogP contribution in [0.2, 0.25) is 0 Å². The second kappa shape index (κ2) is 19.1. The number of allylic oxidation sites excluding steroid dienone is 3. The van der Waals surface area contributed by atoms with E-state index in [4.69, 9.17) is 14.5 Å². The Morgan fingerprint density at radius 3 is 2.05 bits per heavy atom. The van der Waals surface area contributed by atoms with Crippen LogP contribution in [0.15, 0.2) is 36.5 Å². The topological polar surface area (TPSA) is 27.7 Å². The summed E-state index contributed by atoms with van der Waals surface area (Å²) in [5.74, 6) is 0. The highest BCUT2D eigenvalue weighted by molar-refractivity contribution is 4.84. The van der Waals surface area contributed by atoms with Crippen LogP contribution in [0.3, 0.4) is 0 Å². The minimum Gasteiger partial charge on any atom is -0.373 e. The Balaban J connectivity index is 3.13. The maximum absolute atomic E-state index is 5.44. The molecule has 122 valence electrons. The van der Waals surface area contributed by atoms with Crippen LogP contribution in [0.1, 0.15) is 52.4 Å². The first-order valence-electron chi connectivity index (χ1n) is 8.19. The van der Waals surface area contributed by atoms with Crippen LogP contribution >= 0.6 is 0 Å². The van der Waals surface area contributed by atoms with Gasteiger partial charge in [-0.15, -0.1) is 0 Å². The van der Waals surface area contributed by atoms with Gasteiger partial charge in [-0.3, -0.25) is 0 Å². The van der Waals surface area contributed by atoms with E-state index in [0.29, 0.717) is 26.4 Å². The van der Waals surface area contributed by atoms with Crippen molar-refractivity contribution < 1.29 is 14.5 Å². The zero-order valence-electron chi connectivity index (χ0n) is 13.8. The lowest BCUT2D eigenvalue weighted by Crippen LogP contribution is -1.97. The van der Waals surface area contributed by atoms with Crippen molar-refractivity contribution >= 4 is 0 Å². The Bertz CT molecular complexity index is 270. The van der Waals surface area contributed by atoms with E-state index in [1.54, 1.807) is 0 Å². The van der Waals surface area contributed by atoms with Gasteiger partial charge in [0.05, 0.1) is 26.4 Å². The first kappa shape index (κ1) is 20.1. The molecule has 0 heterocycles. The summed E-state index contributed by atoms with van der Waals surface area (Å²) >= 11 is 0. The number of hydrogen-bond acceptors (Lipinski definition) is 3. The van der Waals surface area contributed by atoms with E-state index in [0.717, 1.165) is 32.1 Å². The van der Waals surface area contributed by atoms with Crippen molar-refractivity contribution in [2.75, 3.05) is 26.4 Å². The fourth-order valence-corrected chi connectivity index (χ4v) is 1.52. The third-order valence-corrected chi connectivity index (χ3v) is 2.67. The summed E-state index contributed by atoms with van der Waals surface area (Å²) < 4.78 is 5.44. The Labute approximate surface area is 130 Å². The van der Waals surface area contributed by atoms with Crippen molar-refractivity contribution in [3.8, 4) is 0 Å². The second-order valence-corrected chi connectivity index (χ2v) is 4.72.